The summed E-state index contributed by atoms with van der Waals surface area (Å²) in [5, 5.41) is 5.42. The lowest BCUT2D eigenvalue weighted by Crippen LogP contribution is -2.46. The normalized spacial score (nSPS) is 18.2. The van der Waals surface area contributed by atoms with Gasteiger partial charge in [-0.3, -0.25) is 14.5 Å². The second-order valence-electron chi connectivity index (χ2n) is 7.39. The number of amides is 4. The molecule has 1 fully saturated rings. The summed E-state index contributed by atoms with van der Waals surface area (Å²) in [5.41, 5.74) is 1.02. The third-order valence-electron chi connectivity index (χ3n) is 5.01. The Morgan fingerprint density at radius 1 is 1.10 bits per heavy atom. The van der Waals surface area contributed by atoms with Gasteiger partial charge in [0.15, 0.2) is 0 Å². The summed E-state index contributed by atoms with van der Waals surface area (Å²) in [7, 11) is 3.05. The number of anilines is 1. The van der Waals surface area contributed by atoms with Gasteiger partial charge in [0.05, 0.1) is 19.9 Å². The molecule has 1 saturated heterocycles. The van der Waals surface area contributed by atoms with Crippen molar-refractivity contribution >= 4 is 23.5 Å². The molecule has 1 aliphatic rings. The highest BCUT2D eigenvalue weighted by Crippen LogP contribution is 2.28. The molecule has 1 atom stereocenters. The van der Waals surface area contributed by atoms with Crippen molar-refractivity contribution < 1.29 is 23.9 Å². The van der Waals surface area contributed by atoms with E-state index < -0.39 is 29.9 Å². The van der Waals surface area contributed by atoms with Crippen molar-refractivity contribution in [2.45, 2.75) is 25.8 Å². The average Bonchev–Trinajstić information content (AvgIpc) is 2.91. The maximum absolute atomic E-state index is 13.0. The minimum atomic E-state index is -1.17. The number of nitrogens with one attached hydrogen (secondary N) is 2. The lowest BCUT2D eigenvalue weighted by Gasteiger charge is -2.22. The number of para-hydroxylation sites is 1. The molecule has 0 spiro atoms. The summed E-state index contributed by atoms with van der Waals surface area (Å²) >= 11 is 0. The molecule has 2 aromatic carbocycles. The highest BCUT2D eigenvalue weighted by molar-refractivity contribution is 6.10. The Kier molecular flexibility index (Phi) is 5.96. The number of rotatable bonds is 7. The predicted octanol–water partition coefficient (Wildman–Crippen LogP) is 2.50. The molecule has 2 aromatic rings. The number of ether oxygens (including phenoxy) is 2. The van der Waals surface area contributed by atoms with Crippen LogP contribution in [0.2, 0.25) is 0 Å². The number of nitrogens with zero attached hydrogens (tertiary/aromatic N) is 1. The highest BCUT2D eigenvalue weighted by Gasteiger charge is 2.48. The predicted molar refractivity (Wildman–Crippen MR) is 112 cm³/mol. The zero-order valence-electron chi connectivity index (χ0n) is 17.4. The van der Waals surface area contributed by atoms with E-state index in [1.54, 1.807) is 32.2 Å². The van der Waals surface area contributed by atoms with Crippen molar-refractivity contribution in [2.24, 2.45) is 0 Å². The molecule has 8 nitrogen and oxygen atoms in total. The fourth-order valence-corrected chi connectivity index (χ4v) is 3.49. The Labute approximate surface area is 175 Å². The molecular formula is C22H25N3O5. The van der Waals surface area contributed by atoms with Gasteiger partial charge >= 0.3 is 6.03 Å². The fourth-order valence-electron chi connectivity index (χ4n) is 3.49. The van der Waals surface area contributed by atoms with Gasteiger partial charge in [-0.25, -0.2) is 4.79 Å². The summed E-state index contributed by atoms with van der Waals surface area (Å²) < 4.78 is 10.6. The molecule has 30 heavy (non-hydrogen) atoms. The summed E-state index contributed by atoms with van der Waals surface area (Å²) in [4.78, 5) is 38.9. The smallest absolute Gasteiger partial charge is 0.325 e. The van der Waals surface area contributed by atoms with E-state index in [0.717, 1.165) is 16.0 Å². The van der Waals surface area contributed by atoms with Crippen LogP contribution in [0.1, 0.15) is 18.1 Å². The number of methoxy groups -OCH3 is 2. The standard InChI is InChI=1S/C22H25N3O5/c1-14-9-10-18(30-4)16(11-14)23-19(26)13-25-20(27)22(2,24-21(25)28)12-15-7-5-6-8-17(15)29-3/h5-11H,12-13H2,1-4H3,(H,23,26)(H,24,28)/t22-/m0/s1. The molecule has 0 saturated carbocycles. The van der Waals surface area contributed by atoms with Gasteiger partial charge in [0.1, 0.15) is 23.6 Å². The Hall–Kier alpha value is -3.55. The summed E-state index contributed by atoms with van der Waals surface area (Å²) in [6, 6.07) is 12.0. The van der Waals surface area contributed by atoms with E-state index in [2.05, 4.69) is 10.6 Å². The molecule has 3 rings (SSSR count). The van der Waals surface area contributed by atoms with Crippen LogP contribution in [0.5, 0.6) is 11.5 Å². The van der Waals surface area contributed by atoms with Gasteiger partial charge in [0.25, 0.3) is 5.91 Å². The molecule has 0 radical (unpaired) electrons. The number of hydrogen-bond acceptors (Lipinski definition) is 5. The fraction of sp³-hybridized carbons (Fsp3) is 0.318. The molecule has 158 valence electrons. The largest absolute Gasteiger partial charge is 0.496 e. The van der Waals surface area contributed by atoms with E-state index in [-0.39, 0.29) is 6.42 Å². The Balaban J connectivity index is 1.73. The van der Waals surface area contributed by atoms with Crippen LogP contribution in [-0.2, 0) is 16.0 Å². The van der Waals surface area contributed by atoms with Crippen LogP contribution in [0, 0.1) is 6.92 Å². The lowest BCUT2D eigenvalue weighted by atomic mass is 9.92. The topological polar surface area (TPSA) is 97.0 Å². The monoisotopic (exact) mass is 411 g/mol. The van der Waals surface area contributed by atoms with E-state index in [1.165, 1.54) is 7.11 Å². The van der Waals surface area contributed by atoms with Crippen LogP contribution < -0.4 is 20.1 Å². The van der Waals surface area contributed by atoms with Gasteiger partial charge in [-0.1, -0.05) is 24.3 Å². The first-order valence-corrected chi connectivity index (χ1v) is 9.48. The zero-order chi connectivity index (χ0) is 21.9. The van der Waals surface area contributed by atoms with Crippen molar-refractivity contribution in [1.29, 1.82) is 0 Å². The molecule has 1 heterocycles. The first-order chi connectivity index (χ1) is 14.3. The molecule has 2 N–H and O–H groups in total. The van der Waals surface area contributed by atoms with Crippen LogP contribution in [0.3, 0.4) is 0 Å². The minimum Gasteiger partial charge on any atom is -0.496 e. The van der Waals surface area contributed by atoms with Gasteiger partial charge < -0.3 is 20.1 Å². The highest BCUT2D eigenvalue weighted by atomic mass is 16.5. The van der Waals surface area contributed by atoms with Gasteiger partial charge in [-0.05, 0) is 43.2 Å². The molecule has 8 heteroatoms. The maximum atomic E-state index is 13.0. The summed E-state index contributed by atoms with van der Waals surface area (Å²) in [6.07, 6.45) is 0.241. The van der Waals surface area contributed by atoms with E-state index in [1.807, 2.05) is 31.2 Å². The van der Waals surface area contributed by atoms with Gasteiger partial charge in [-0.2, -0.15) is 0 Å². The molecule has 0 unspecified atom stereocenters. The quantitative estimate of drug-likeness (QED) is 0.683. The van der Waals surface area contributed by atoms with Gasteiger partial charge in [0.2, 0.25) is 5.91 Å². The Bertz CT molecular complexity index is 990. The number of hydrogen-bond donors (Lipinski definition) is 2. The molecule has 1 aliphatic heterocycles. The first kappa shape index (κ1) is 21.2. The molecule has 0 aliphatic carbocycles. The maximum Gasteiger partial charge on any atom is 0.325 e. The number of imide groups is 1. The second-order valence-corrected chi connectivity index (χ2v) is 7.39. The number of carbonyl (C=O) groups is 3. The van der Waals surface area contributed by atoms with Gasteiger partial charge in [0, 0.05) is 6.42 Å². The number of benzene rings is 2. The van der Waals surface area contributed by atoms with Crippen LogP contribution in [-0.4, -0.2) is 49.0 Å². The van der Waals surface area contributed by atoms with E-state index in [4.69, 9.17) is 9.47 Å². The number of aryl methyl sites for hydroxylation is 1. The van der Waals surface area contributed by atoms with Crippen LogP contribution in [0.4, 0.5) is 10.5 Å². The third kappa shape index (κ3) is 4.22. The molecule has 4 amide bonds. The van der Waals surface area contributed by atoms with Crippen molar-refractivity contribution in [1.82, 2.24) is 10.2 Å². The molecular weight excluding hydrogens is 386 g/mol. The molecule has 0 aromatic heterocycles. The second kappa shape index (κ2) is 8.44. The van der Waals surface area contributed by atoms with E-state index in [0.29, 0.717) is 17.2 Å². The molecule has 0 bridgehead atoms. The van der Waals surface area contributed by atoms with E-state index in [9.17, 15) is 14.4 Å². The average molecular weight is 411 g/mol. The lowest BCUT2D eigenvalue weighted by molar-refractivity contribution is -0.133. The van der Waals surface area contributed by atoms with Crippen molar-refractivity contribution in [3.8, 4) is 11.5 Å². The number of carbonyl (C=O) groups excluding carboxylic acids is 3. The van der Waals surface area contributed by atoms with Crippen LogP contribution in [0.25, 0.3) is 0 Å². The Morgan fingerprint density at radius 2 is 1.80 bits per heavy atom. The zero-order valence-corrected chi connectivity index (χ0v) is 17.4. The third-order valence-corrected chi connectivity index (χ3v) is 5.01. The van der Waals surface area contributed by atoms with Crippen molar-refractivity contribution in [3.63, 3.8) is 0 Å². The van der Waals surface area contributed by atoms with E-state index >= 15 is 0 Å². The van der Waals surface area contributed by atoms with Gasteiger partial charge in [-0.15, -0.1) is 0 Å². The van der Waals surface area contributed by atoms with Crippen LogP contribution >= 0.6 is 0 Å². The van der Waals surface area contributed by atoms with Crippen molar-refractivity contribution in [3.05, 3.63) is 53.6 Å². The summed E-state index contributed by atoms with van der Waals surface area (Å²) in [5.74, 6) is 0.157. The SMILES string of the molecule is COc1ccccc1C[C@]1(C)NC(=O)N(CC(=O)Nc2cc(C)ccc2OC)C1=O. The Morgan fingerprint density at radius 3 is 2.50 bits per heavy atom. The van der Waals surface area contributed by atoms with Crippen LogP contribution in [0.15, 0.2) is 42.5 Å². The first-order valence-electron chi connectivity index (χ1n) is 9.48. The number of urea groups is 1. The minimum absolute atomic E-state index is 0.241. The summed E-state index contributed by atoms with van der Waals surface area (Å²) in [6.45, 7) is 3.13. The van der Waals surface area contributed by atoms with Crippen molar-refractivity contribution in [2.75, 3.05) is 26.1 Å².